The number of carbonyl (C=O) groups is 1. The van der Waals surface area contributed by atoms with Crippen molar-refractivity contribution in [3.05, 3.63) is 57.1 Å². The predicted molar refractivity (Wildman–Crippen MR) is 79.0 cm³/mol. The highest BCUT2D eigenvalue weighted by Crippen LogP contribution is 2.32. The highest BCUT2D eigenvalue weighted by molar-refractivity contribution is 6.43. The van der Waals surface area contributed by atoms with E-state index in [-0.39, 0.29) is 29.3 Å². The van der Waals surface area contributed by atoms with Gasteiger partial charge in [-0.1, -0.05) is 47.0 Å². The van der Waals surface area contributed by atoms with Gasteiger partial charge in [0.25, 0.3) is 5.91 Å². The van der Waals surface area contributed by atoms with Crippen molar-refractivity contribution in [1.82, 2.24) is 4.90 Å². The minimum atomic E-state index is -0.763. The molecule has 6 nitrogen and oxygen atoms in total. The Balaban J connectivity index is 2.23. The summed E-state index contributed by atoms with van der Waals surface area (Å²) in [6, 6.07) is 9.40. The first-order valence-corrected chi connectivity index (χ1v) is 6.87. The fourth-order valence-corrected chi connectivity index (χ4v) is 2.35. The van der Waals surface area contributed by atoms with E-state index in [4.69, 9.17) is 21.9 Å². The summed E-state index contributed by atoms with van der Waals surface area (Å²) in [7, 11) is 0. The van der Waals surface area contributed by atoms with Crippen molar-refractivity contribution in [1.29, 1.82) is 0 Å². The van der Waals surface area contributed by atoms with Crippen molar-refractivity contribution < 1.29 is 9.53 Å². The number of nitrogens with zero attached hydrogens (tertiary/aromatic N) is 4. The molecule has 0 aromatic heterocycles. The average Bonchev–Trinajstić information content (AvgIpc) is 2.71. The lowest BCUT2D eigenvalue weighted by atomic mass is 10.2. The standard InChI is InChI=1S/C14H15ClN4O2/c1-9(2)19-13(20)11(15)12(17-18-16)14(19)21-8-10-6-4-3-5-7-10/h3-7,9,14H,8H2,1-2H3. The van der Waals surface area contributed by atoms with Gasteiger partial charge in [0.05, 0.1) is 12.3 Å². The van der Waals surface area contributed by atoms with Gasteiger partial charge in [0.1, 0.15) is 5.03 Å². The second-order valence-electron chi connectivity index (χ2n) is 4.84. The zero-order valence-electron chi connectivity index (χ0n) is 11.7. The highest BCUT2D eigenvalue weighted by Gasteiger charge is 2.40. The summed E-state index contributed by atoms with van der Waals surface area (Å²) < 4.78 is 5.77. The van der Waals surface area contributed by atoms with Crippen molar-refractivity contribution in [2.24, 2.45) is 5.11 Å². The Hall–Kier alpha value is -2.01. The molecule has 1 aliphatic rings. The number of azide groups is 1. The molecule has 21 heavy (non-hydrogen) atoms. The summed E-state index contributed by atoms with van der Waals surface area (Å²) in [5.41, 5.74) is 9.71. The maximum atomic E-state index is 12.1. The van der Waals surface area contributed by atoms with E-state index in [2.05, 4.69) is 10.0 Å². The molecule has 1 unspecified atom stereocenters. The van der Waals surface area contributed by atoms with Crippen LogP contribution in [-0.4, -0.2) is 23.1 Å². The second-order valence-corrected chi connectivity index (χ2v) is 5.22. The van der Waals surface area contributed by atoms with E-state index in [1.165, 1.54) is 4.90 Å². The Morgan fingerprint density at radius 1 is 1.43 bits per heavy atom. The maximum Gasteiger partial charge on any atom is 0.268 e. The fraction of sp³-hybridized carbons (Fsp3) is 0.357. The van der Waals surface area contributed by atoms with E-state index < -0.39 is 6.23 Å². The van der Waals surface area contributed by atoms with Gasteiger partial charge in [0.2, 0.25) is 0 Å². The van der Waals surface area contributed by atoms with Crippen LogP contribution in [0.2, 0.25) is 0 Å². The molecule has 0 saturated carbocycles. The summed E-state index contributed by atoms with van der Waals surface area (Å²) in [4.78, 5) is 16.3. The van der Waals surface area contributed by atoms with E-state index in [9.17, 15) is 4.79 Å². The van der Waals surface area contributed by atoms with E-state index >= 15 is 0 Å². The molecule has 0 bridgehead atoms. The molecule has 0 saturated heterocycles. The molecule has 0 fully saturated rings. The van der Waals surface area contributed by atoms with Crippen LogP contribution in [0.4, 0.5) is 0 Å². The van der Waals surface area contributed by atoms with Gasteiger partial charge >= 0.3 is 0 Å². The number of ether oxygens (including phenoxy) is 1. The first kappa shape index (κ1) is 15.4. The summed E-state index contributed by atoms with van der Waals surface area (Å²) in [5.74, 6) is -0.382. The molecule has 0 aliphatic carbocycles. The van der Waals surface area contributed by atoms with Crippen LogP contribution in [-0.2, 0) is 16.1 Å². The number of benzene rings is 1. The van der Waals surface area contributed by atoms with E-state index in [1.54, 1.807) is 0 Å². The number of hydrogen-bond acceptors (Lipinski definition) is 3. The lowest BCUT2D eigenvalue weighted by Gasteiger charge is -2.29. The summed E-state index contributed by atoms with van der Waals surface area (Å²) in [5, 5.41) is 3.44. The molecule has 0 spiro atoms. The van der Waals surface area contributed by atoms with Gasteiger partial charge in [-0.2, -0.15) is 0 Å². The molecule has 0 N–H and O–H groups in total. The Bertz CT molecular complexity index is 609. The molecule has 0 radical (unpaired) electrons. The minimum absolute atomic E-state index is 0.0837. The van der Waals surface area contributed by atoms with Gasteiger partial charge in [-0.25, -0.2) is 0 Å². The van der Waals surface area contributed by atoms with Gasteiger partial charge in [-0.3, -0.25) is 4.79 Å². The minimum Gasteiger partial charge on any atom is -0.349 e. The molecule has 7 heteroatoms. The zero-order chi connectivity index (χ0) is 15.4. The van der Waals surface area contributed by atoms with Crippen LogP contribution < -0.4 is 0 Å². The number of hydrogen-bond donors (Lipinski definition) is 0. The molecule has 2 rings (SSSR count). The molecule has 110 valence electrons. The third-order valence-electron chi connectivity index (χ3n) is 3.09. The van der Waals surface area contributed by atoms with Crippen molar-refractivity contribution in [3.63, 3.8) is 0 Å². The van der Waals surface area contributed by atoms with Crippen molar-refractivity contribution >= 4 is 17.5 Å². The van der Waals surface area contributed by atoms with Crippen LogP contribution in [0.5, 0.6) is 0 Å². The lowest BCUT2D eigenvalue weighted by molar-refractivity contribution is -0.138. The quantitative estimate of drug-likeness (QED) is 0.474. The normalized spacial score (nSPS) is 18.4. The maximum absolute atomic E-state index is 12.1. The van der Waals surface area contributed by atoms with Crippen LogP contribution in [0.3, 0.4) is 0 Å². The largest absolute Gasteiger partial charge is 0.349 e. The monoisotopic (exact) mass is 306 g/mol. The van der Waals surface area contributed by atoms with Crippen LogP contribution in [0, 0.1) is 0 Å². The van der Waals surface area contributed by atoms with E-state index in [1.807, 2.05) is 44.2 Å². The highest BCUT2D eigenvalue weighted by atomic mass is 35.5. The zero-order valence-corrected chi connectivity index (χ0v) is 12.5. The van der Waals surface area contributed by atoms with Crippen LogP contribution in [0.25, 0.3) is 10.4 Å². The summed E-state index contributed by atoms with van der Waals surface area (Å²) in [6.07, 6.45) is -0.763. The fourth-order valence-electron chi connectivity index (χ4n) is 2.12. The molecule has 1 aliphatic heterocycles. The third-order valence-corrected chi connectivity index (χ3v) is 3.45. The van der Waals surface area contributed by atoms with Crippen LogP contribution >= 0.6 is 11.6 Å². The molecular weight excluding hydrogens is 292 g/mol. The molecule has 1 heterocycles. The van der Waals surface area contributed by atoms with Gasteiger partial charge in [-0.05, 0) is 24.9 Å². The number of amides is 1. The SMILES string of the molecule is CC(C)N1C(=O)C(Cl)=C(N=[N+]=[N-])C1OCc1ccccc1. The van der Waals surface area contributed by atoms with Crippen LogP contribution in [0.1, 0.15) is 19.4 Å². The topological polar surface area (TPSA) is 78.3 Å². The Labute approximate surface area is 127 Å². The molecule has 1 amide bonds. The number of carbonyl (C=O) groups excluding carboxylic acids is 1. The smallest absolute Gasteiger partial charge is 0.268 e. The third kappa shape index (κ3) is 3.19. The van der Waals surface area contributed by atoms with Gasteiger partial charge < -0.3 is 9.64 Å². The van der Waals surface area contributed by atoms with Gasteiger partial charge in [0.15, 0.2) is 6.23 Å². The van der Waals surface area contributed by atoms with Gasteiger partial charge in [-0.15, -0.1) is 0 Å². The average molecular weight is 307 g/mol. The predicted octanol–water partition coefficient (Wildman–Crippen LogP) is 3.54. The first-order valence-electron chi connectivity index (χ1n) is 6.49. The van der Waals surface area contributed by atoms with Crippen molar-refractivity contribution in [2.45, 2.75) is 32.7 Å². The second kappa shape index (κ2) is 6.63. The van der Waals surface area contributed by atoms with Gasteiger partial charge in [0, 0.05) is 11.0 Å². The Morgan fingerprint density at radius 3 is 2.67 bits per heavy atom. The Morgan fingerprint density at radius 2 is 2.10 bits per heavy atom. The number of halogens is 1. The lowest BCUT2D eigenvalue weighted by Crippen LogP contribution is -2.42. The van der Waals surface area contributed by atoms with E-state index in [0.717, 1.165) is 5.56 Å². The molecule has 1 aromatic rings. The first-order chi connectivity index (χ1) is 10.1. The number of rotatable bonds is 5. The van der Waals surface area contributed by atoms with Crippen molar-refractivity contribution in [3.8, 4) is 0 Å². The summed E-state index contributed by atoms with van der Waals surface area (Å²) >= 11 is 5.97. The van der Waals surface area contributed by atoms with E-state index in [0.29, 0.717) is 0 Å². The molecule has 1 atom stereocenters. The summed E-state index contributed by atoms with van der Waals surface area (Å²) in [6.45, 7) is 3.98. The van der Waals surface area contributed by atoms with Crippen molar-refractivity contribution in [2.75, 3.05) is 0 Å². The van der Waals surface area contributed by atoms with Crippen LogP contribution in [0.15, 0.2) is 46.2 Å². The molecule has 1 aromatic carbocycles. The molecular formula is C14H15ClN4O2. The Kier molecular flexibility index (Phi) is 4.85.